The summed E-state index contributed by atoms with van der Waals surface area (Å²) in [6.07, 6.45) is 1.56. The quantitative estimate of drug-likeness (QED) is 0.580. The minimum atomic E-state index is -0.226. The molecule has 0 atom stereocenters. The third kappa shape index (κ3) is 1.92. The van der Waals surface area contributed by atoms with Gasteiger partial charge in [0.05, 0.1) is 0 Å². The van der Waals surface area contributed by atoms with Crippen molar-refractivity contribution in [3.63, 3.8) is 0 Å². The lowest BCUT2D eigenvalue weighted by molar-refractivity contribution is 0.627. The van der Waals surface area contributed by atoms with Gasteiger partial charge < -0.3 is 0 Å². The molecule has 0 radical (unpaired) electrons. The first-order valence-corrected chi connectivity index (χ1v) is 5.22. The highest BCUT2D eigenvalue weighted by Crippen LogP contribution is 2.22. The fraction of sp³-hybridized carbons (Fsp3) is 0. The monoisotopic (exact) mass is 299 g/mol. The molecular weight excluding hydrogens is 292 g/mol. The molecule has 14 heavy (non-hydrogen) atoms. The number of halogens is 2. The maximum atomic E-state index is 13.5. The predicted octanol–water partition coefficient (Wildman–Crippen LogP) is 3.49. The van der Waals surface area contributed by atoms with Crippen molar-refractivity contribution in [1.29, 1.82) is 0 Å². The van der Waals surface area contributed by atoms with Crippen LogP contribution in [0.15, 0.2) is 42.6 Å². The van der Waals surface area contributed by atoms with E-state index in [0.717, 1.165) is 5.56 Å². The van der Waals surface area contributed by atoms with Gasteiger partial charge in [0.2, 0.25) is 0 Å². The number of benzene rings is 1. The molecule has 1 nitrogen and oxygen atoms in total. The molecule has 0 N–H and O–H groups in total. The lowest BCUT2D eigenvalue weighted by atomic mass is 10.1. The number of pyridine rings is 1. The molecule has 0 aliphatic carbocycles. The SMILES string of the molecule is Fc1cc(I)ncc1-c1ccccc1. The second-order valence-electron chi connectivity index (χ2n) is 2.85. The Bertz CT molecular complexity index is 442. The van der Waals surface area contributed by atoms with E-state index in [1.807, 2.05) is 52.9 Å². The van der Waals surface area contributed by atoms with Crippen LogP contribution < -0.4 is 0 Å². The Morgan fingerprint density at radius 3 is 2.50 bits per heavy atom. The summed E-state index contributed by atoms with van der Waals surface area (Å²) >= 11 is 1.99. The van der Waals surface area contributed by atoms with Crippen LogP contribution in [-0.4, -0.2) is 4.98 Å². The van der Waals surface area contributed by atoms with Crippen molar-refractivity contribution in [2.24, 2.45) is 0 Å². The summed E-state index contributed by atoms with van der Waals surface area (Å²) in [6.45, 7) is 0. The number of aromatic nitrogens is 1. The van der Waals surface area contributed by atoms with Crippen molar-refractivity contribution in [2.75, 3.05) is 0 Å². The summed E-state index contributed by atoms with van der Waals surface area (Å²) < 4.78 is 14.2. The average Bonchev–Trinajstić information content (AvgIpc) is 2.19. The second-order valence-corrected chi connectivity index (χ2v) is 3.96. The van der Waals surface area contributed by atoms with Crippen molar-refractivity contribution in [2.45, 2.75) is 0 Å². The fourth-order valence-electron chi connectivity index (χ4n) is 1.24. The number of rotatable bonds is 1. The van der Waals surface area contributed by atoms with Crippen LogP contribution in [0.1, 0.15) is 0 Å². The van der Waals surface area contributed by atoms with Gasteiger partial charge in [-0.2, -0.15) is 0 Å². The fourth-order valence-corrected chi connectivity index (χ4v) is 1.65. The van der Waals surface area contributed by atoms with Gasteiger partial charge in [0.1, 0.15) is 9.52 Å². The molecule has 0 spiro atoms. The molecule has 0 bridgehead atoms. The molecule has 0 unspecified atom stereocenters. The standard InChI is InChI=1S/C11H7FIN/c12-10-6-11(13)14-7-9(10)8-4-2-1-3-5-8/h1-7H. The van der Waals surface area contributed by atoms with Crippen LogP contribution in [0.25, 0.3) is 11.1 Å². The summed E-state index contributed by atoms with van der Waals surface area (Å²) in [4.78, 5) is 4.06. The Morgan fingerprint density at radius 2 is 1.86 bits per heavy atom. The van der Waals surface area contributed by atoms with Crippen molar-refractivity contribution in [1.82, 2.24) is 4.98 Å². The van der Waals surface area contributed by atoms with Gasteiger partial charge >= 0.3 is 0 Å². The Labute approximate surface area is 95.1 Å². The van der Waals surface area contributed by atoms with Crippen LogP contribution in [0.5, 0.6) is 0 Å². The van der Waals surface area contributed by atoms with Crippen molar-refractivity contribution in [3.8, 4) is 11.1 Å². The lowest BCUT2D eigenvalue weighted by Gasteiger charge is -2.02. The zero-order chi connectivity index (χ0) is 9.97. The molecule has 2 aromatic rings. The molecular formula is C11H7FIN. The van der Waals surface area contributed by atoms with Gasteiger partial charge in [0.25, 0.3) is 0 Å². The Morgan fingerprint density at radius 1 is 1.14 bits per heavy atom. The van der Waals surface area contributed by atoms with E-state index in [0.29, 0.717) is 9.26 Å². The topological polar surface area (TPSA) is 12.9 Å². The highest BCUT2D eigenvalue weighted by molar-refractivity contribution is 14.1. The maximum Gasteiger partial charge on any atom is 0.135 e. The van der Waals surface area contributed by atoms with Crippen LogP contribution in [0.3, 0.4) is 0 Å². The van der Waals surface area contributed by atoms with Gasteiger partial charge in [0.15, 0.2) is 0 Å². The van der Waals surface area contributed by atoms with E-state index in [1.54, 1.807) is 6.20 Å². The number of nitrogens with zero attached hydrogens (tertiary/aromatic N) is 1. The highest BCUT2D eigenvalue weighted by Gasteiger charge is 2.04. The van der Waals surface area contributed by atoms with Crippen molar-refractivity contribution < 1.29 is 4.39 Å². The Kier molecular flexibility index (Phi) is 2.77. The minimum Gasteiger partial charge on any atom is -0.249 e. The lowest BCUT2D eigenvalue weighted by Crippen LogP contribution is -1.88. The van der Waals surface area contributed by atoms with Crippen LogP contribution in [0, 0.1) is 9.52 Å². The van der Waals surface area contributed by atoms with Crippen LogP contribution in [0.4, 0.5) is 4.39 Å². The van der Waals surface area contributed by atoms with Crippen LogP contribution in [-0.2, 0) is 0 Å². The average molecular weight is 299 g/mol. The number of hydrogen-bond acceptors (Lipinski definition) is 1. The van der Waals surface area contributed by atoms with E-state index in [1.165, 1.54) is 6.07 Å². The Balaban J connectivity index is 2.53. The summed E-state index contributed by atoms with van der Waals surface area (Å²) in [6, 6.07) is 10.8. The van der Waals surface area contributed by atoms with Gasteiger partial charge in [-0.05, 0) is 28.2 Å². The highest BCUT2D eigenvalue weighted by atomic mass is 127. The van der Waals surface area contributed by atoms with E-state index in [9.17, 15) is 4.39 Å². The third-order valence-electron chi connectivity index (χ3n) is 1.90. The zero-order valence-corrected chi connectivity index (χ0v) is 9.40. The molecule has 1 aromatic carbocycles. The molecule has 0 aliphatic heterocycles. The summed E-state index contributed by atoms with van der Waals surface area (Å²) in [5, 5.41) is 0. The first-order valence-electron chi connectivity index (χ1n) is 4.14. The molecule has 0 saturated heterocycles. The van der Waals surface area contributed by atoms with E-state index in [2.05, 4.69) is 4.98 Å². The molecule has 0 amide bonds. The first kappa shape index (κ1) is 9.58. The van der Waals surface area contributed by atoms with E-state index < -0.39 is 0 Å². The summed E-state index contributed by atoms with van der Waals surface area (Å²) in [7, 11) is 0. The first-order chi connectivity index (χ1) is 6.77. The zero-order valence-electron chi connectivity index (χ0n) is 7.24. The molecule has 2 rings (SSSR count). The minimum absolute atomic E-state index is 0.226. The smallest absolute Gasteiger partial charge is 0.135 e. The van der Waals surface area contributed by atoms with Crippen molar-refractivity contribution in [3.05, 3.63) is 52.1 Å². The molecule has 0 fully saturated rings. The van der Waals surface area contributed by atoms with Crippen molar-refractivity contribution >= 4 is 22.6 Å². The van der Waals surface area contributed by atoms with Crippen LogP contribution >= 0.6 is 22.6 Å². The summed E-state index contributed by atoms with van der Waals surface area (Å²) in [5.74, 6) is -0.226. The van der Waals surface area contributed by atoms with Gasteiger partial charge in [-0.1, -0.05) is 30.3 Å². The van der Waals surface area contributed by atoms with Crippen LogP contribution in [0.2, 0.25) is 0 Å². The summed E-state index contributed by atoms with van der Waals surface area (Å²) in [5.41, 5.74) is 1.40. The van der Waals surface area contributed by atoms with Gasteiger partial charge in [0, 0.05) is 17.8 Å². The largest absolute Gasteiger partial charge is 0.249 e. The van der Waals surface area contributed by atoms with E-state index >= 15 is 0 Å². The molecule has 0 saturated carbocycles. The van der Waals surface area contributed by atoms with E-state index in [-0.39, 0.29) is 5.82 Å². The van der Waals surface area contributed by atoms with Gasteiger partial charge in [-0.25, -0.2) is 9.37 Å². The number of hydrogen-bond donors (Lipinski definition) is 0. The molecule has 1 heterocycles. The third-order valence-corrected chi connectivity index (χ3v) is 2.49. The Hall–Kier alpha value is -0.970. The van der Waals surface area contributed by atoms with Gasteiger partial charge in [-0.15, -0.1) is 0 Å². The van der Waals surface area contributed by atoms with Gasteiger partial charge in [-0.3, -0.25) is 0 Å². The predicted molar refractivity (Wildman–Crippen MR) is 62.3 cm³/mol. The molecule has 3 heteroatoms. The maximum absolute atomic E-state index is 13.5. The normalized spacial score (nSPS) is 10.1. The van der Waals surface area contributed by atoms with E-state index in [4.69, 9.17) is 0 Å². The molecule has 70 valence electrons. The second kappa shape index (κ2) is 4.04. The molecule has 0 aliphatic rings. The molecule has 1 aromatic heterocycles.